The van der Waals surface area contributed by atoms with Gasteiger partial charge in [0.1, 0.15) is 16.9 Å². The summed E-state index contributed by atoms with van der Waals surface area (Å²) < 4.78 is 20.2. The number of benzene rings is 1. The smallest absolute Gasteiger partial charge is 0.410 e. The van der Waals surface area contributed by atoms with Crippen molar-refractivity contribution in [1.29, 1.82) is 0 Å². The number of likely N-dealkylation sites (tertiary alicyclic amines) is 1. The van der Waals surface area contributed by atoms with Gasteiger partial charge in [0.15, 0.2) is 5.82 Å². The largest absolute Gasteiger partial charge is 0.444 e. The van der Waals surface area contributed by atoms with E-state index in [2.05, 4.69) is 25.9 Å². The summed E-state index contributed by atoms with van der Waals surface area (Å²) in [4.78, 5) is 24.5. The van der Waals surface area contributed by atoms with Crippen LogP contribution in [0.5, 0.6) is 0 Å². The van der Waals surface area contributed by atoms with Crippen molar-refractivity contribution in [2.45, 2.75) is 32.8 Å². The summed E-state index contributed by atoms with van der Waals surface area (Å²) in [6.45, 7) is 8.21. The molecule has 0 bridgehead atoms. The topological polar surface area (TPSA) is 58.6 Å². The normalized spacial score (nSPS) is 18.4. The summed E-state index contributed by atoms with van der Waals surface area (Å²) in [6, 6.07) is 1.64. The Kier molecular flexibility index (Phi) is 5.11. The number of anilines is 1. The fourth-order valence-corrected chi connectivity index (χ4v) is 4.62. The maximum absolute atomic E-state index is 14.6. The van der Waals surface area contributed by atoms with Gasteiger partial charge in [0, 0.05) is 37.0 Å². The lowest BCUT2D eigenvalue weighted by molar-refractivity contribution is 0.0265. The number of rotatable bonds is 1. The van der Waals surface area contributed by atoms with E-state index in [0.717, 1.165) is 6.42 Å². The Hall–Kier alpha value is -1.38. The van der Waals surface area contributed by atoms with Crippen LogP contribution < -0.4 is 4.90 Å². The van der Waals surface area contributed by atoms with Crippen LogP contribution in [-0.2, 0) is 4.74 Å². The molecule has 2 aliphatic heterocycles. The van der Waals surface area contributed by atoms with E-state index >= 15 is 0 Å². The van der Waals surface area contributed by atoms with Gasteiger partial charge in [-0.25, -0.2) is 14.2 Å². The minimum atomic E-state index is -0.565. The number of ether oxygens (including phenoxy) is 1. The monoisotopic (exact) mass is 504 g/mol. The first-order valence-electron chi connectivity index (χ1n) is 9.22. The quantitative estimate of drug-likeness (QED) is 0.389. The molecule has 0 aliphatic carbocycles. The number of aromatic nitrogens is 2. The highest BCUT2D eigenvalue weighted by Crippen LogP contribution is 2.44. The summed E-state index contributed by atoms with van der Waals surface area (Å²) >= 11 is 15.3. The van der Waals surface area contributed by atoms with E-state index in [4.69, 9.17) is 27.9 Å². The van der Waals surface area contributed by atoms with Gasteiger partial charge in [-0.3, -0.25) is 0 Å². The van der Waals surface area contributed by atoms with Crippen LogP contribution in [0, 0.1) is 11.2 Å². The highest BCUT2D eigenvalue weighted by Gasteiger charge is 2.50. The lowest BCUT2D eigenvalue weighted by Crippen LogP contribution is -2.58. The van der Waals surface area contributed by atoms with E-state index in [1.807, 2.05) is 25.7 Å². The number of hydrogen-bond donors (Lipinski definition) is 0. The molecule has 2 aromatic rings. The van der Waals surface area contributed by atoms with Crippen LogP contribution in [0.2, 0.25) is 10.3 Å². The molecular weight excluding hydrogens is 486 g/mol. The average Bonchev–Trinajstić information content (AvgIpc) is 3.03. The van der Waals surface area contributed by atoms with Crippen molar-refractivity contribution in [3.05, 3.63) is 26.7 Å². The number of amides is 1. The summed E-state index contributed by atoms with van der Waals surface area (Å²) in [5.74, 6) is -0.0140. The maximum atomic E-state index is 14.6. The van der Waals surface area contributed by atoms with E-state index < -0.39 is 11.4 Å². The van der Waals surface area contributed by atoms with Gasteiger partial charge in [0.2, 0.25) is 5.28 Å². The van der Waals surface area contributed by atoms with Crippen LogP contribution in [0.1, 0.15) is 27.2 Å². The molecule has 3 heterocycles. The van der Waals surface area contributed by atoms with Gasteiger partial charge < -0.3 is 14.5 Å². The Morgan fingerprint density at radius 3 is 2.62 bits per heavy atom. The Labute approximate surface area is 186 Å². The van der Waals surface area contributed by atoms with Crippen molar-refractivity contribution in [3.63, 3.8) is 0 Å². The number of carbonyl (C=O) groups is 1. The average molecular weight is 506 g/mol. The molecule has 1 aromatic carbocycles. The first-order valence-corrected chi connectivity index (χ1v) is 10.8. The number of fused-ring (bicyclic) bond motifs is 1. The van der Waals surface area contributed by atoms with E-state index in [0.29, 0.717) is 37.4 Å². The molecule has 156 valence electrons. The Morgan fingerprint density at radius 2 is 1.97 bits per heavy atom. The molecule has 2 aliphatic rings. The Bertz CT molecular complexity index is 1010. The molecule has 0 unspecified atom stereocenters. The predicted molar refractivity (Wildman–Crippen MR) is 114 cm³/mol. The van der Waals surface area contributed by atoms with E-state index in [-0.39, 0.29) is 31.8 Å². The Morgan fingerprint density at radius 1 is 1.28 bits per heavy atom. The summed E-state index contributed by atoms with van der Waals surface area (Å²) in [5, 5.41) is 0.731. The van der Waals surface area contributed by atoms with Crippen molar-refractivity contribution in [1.82, 2.24) is 14.9 Å². The van der Waals surface area contributed by atoms with Gasteiger partial charge >= 0.3 is 6.09 Å². The first kappa shape index (κ1) is 20.9. The van der Waals surface area contributed by atoms with Crippen LogP contribution >= 0.6 is 39.1 Å². The van der Waals surface area contributed by atoms with E-state index in [1.54, 1.807) is 11.0 Å². The van der Waals surface area contributed by atoms with Gasteiger partial charge in [0.05, 0.1) is 9.50 Å². The van der Waals surface area contributed by atoms with Crippen LogP contribution in [0.15, 0.2) is 10.5 Å². The van der Waals surface area contributed by atoms with Crippen molar-refractivity contribution < 1.29 is 13.9 Å². The third kappa shape index (κ3) is 3.86. The van der Waals surface area contributed by atoms with Gasteiger partial charge in [-0.15, -0.1) is 0 Å². The van der Waals surface area contributed by atoms with Crippen LogP contribution in [0.25, 0.3) is 10.9 Å². The first-order chi connectivity index (χ1) is 13.5. The summed E-state index contributed by atoms with van der Waals surface area (Å²) in [7, 11) is 0. The molecule has 1 aromatic heterocycles. The molecule has 6 nitrogen and oxygen atoms in total. The number of nitrogens with zero attached hydrogens (tertiary/aromatic N) is 4. The minimum Gasteiger partial charge on any atom is -0.444 e. The second-order valence-corrected chi connectivity index (χ2v) is 10.2. The predicted octanol–water partition coefficient (Wildman–Crippen LogP) is 5.29. The number of carbonyl (C=O) groups excluding carboxylic acids is 1. The fourth-order valence-electron chi connectivity index (χ4n) is 3.96. The number of hydrogen-bond acceptors (Lipinski definition) is 5. The molecule has 0 atom stereocenters. The molecule has 2 fully saturated rings. The lowest BCUT2D eigenvalue weighted by Gasteiger charge is -2.48. The number of halogens is 4. The van der Waals surface area contributed by atoms with E-state index in [9.17, 15) is 9.18 Å². The molecule has 1 amide bonds. The van der Waals surface area contributed by atoms with Crippen LogP contribution in [-0.4, -0.2) is 52.7 Å². The zero-order chi connectivity index (χ0) is 21.1. The molecule has 0 N–H and O–H groups in total. The van der Waals surface area contributed by atoms with Gasteiger partial charge in [-0.2, -0.15) is 4.98 Å². The minimum absolute atomic E-state index is 0.0247. The van der Waals surface area contributed by atoms with Crippen LogP contribution in [0.4, 0.5) is 15.0 Å². The van der Waals surface area contributed by atoms with E-state index in [1.165, 1.54) is 0 Å². The van der Waals surface area contributed by atoms with Crippen molar-refractivity contribution in [3.8, 4) is 0 Å². The highest BCUT2D eigenvalue weighted by molar-refractivity contribution is 9.10. The lowest BCUT2D eigenvalue weighted by atomic mass is 9.79. The second-order valence-electron chi connectivity index (χ2n) is 8.71. The molecule has 0 saturated carbocycles. The summed E-state index contributed by atoms with van der Waals surface area (Å²) in [6.07, 6.45) is 0.585. The van der Waals surface area contributed by atoms with Crippen molar-refractivity contribution in [2.75, 3.05) is 31.1 Å². The van der Waals surface area contributed by atoms with Crippen molar-refractivity contribution >= 4 is 61.9 Å². The maximum Gasteiger partial charge on any atom is 0.410 e. The molecule has 29 heavy (non-hydrogen) atoms. The second kappa shape index (κ2) is 7.10. The highest BCUT2D eigenvalue weighted by atomic mass is 79.9. The molecule has 4 rings (SSSR count). The third-order valence-electron chi connectivity index (χ3n) is 5.22. The standard InChI is InChI=1S/C19H20BrCl2FN4O2/c1-18(2,3)29-17(28)26-5-4-19(7-26)8-27(9-19)15-10-6-11(21)12(20)13(23)14(10)24-16(22)25-15/h6H,4-5,7-9H2,1-3H3. The van der Waals surface area contributed by atoms with Crippen molar-refractivity contribution in [2.24, 2.45) is 5.41 Å². The Balaban J connectivity index is 1.55. The molecule has 0 radical (unpaired) electrons. The molecular formula is C19H20BrCl2FN4O2. The zero-order valence-corrected chi connectivity index (χ0v) is 19.3. The van der Waals surface area contributed by atoms with Gasteiger partial charge in [-0.1, -0.05) is 11.6 Å². The zero-order valence-electron chi connectivity index (χ0n) is 16.2. The fraction of sp³-hybridized carbons (Fsp3) is 0.526. The SMILES string of the molecule is CC(C)(C)OC(=O)N1CCC2(C1)CN(c1nc(Cl)nc3c(F)c(Br)c(Cl)cc13)C2. The summed E-state index contributed by atoms with van der Waals surface area (Å²) in [5.41, 5.74) is -0.426. The molecule has 10 heteroatoms. The molecule has 2 saturated heterocycles. The third-order valence-corrected chi connectivity index (χ3v) is 6.69. The molecule has 1 spiro atoms. The van der Waals surface area contributed by atoms with Gasteiger partial charge in [0.25, 0.3) is 0 Å². The van der Waals surface area contributed by atoms with Crippen LogP contribution in [0.3, 0.4) is 0 Å². The van der Waals surface area contributed by atoms with Gasteiger partial charge in [-0.05, 0) is 60.8 Å².